The van der Waals surface area contributed by atoms with Crippen LogP contribution in [0.15, 0.2) is 36.5 Å². The van der Waals surface area contributed by atoms with Gasteiger partial charge < -0.3 is 9.64 Å². The van der Waals surface area contributed by atoms with E-state index in [1.165, 1.54) is 5.56 Å². The van der Waals surface area contributed by atoms with E-state index in [1.807, 2.05) is 24.3 Å². The van der Waals surface area contributed by atoms with Crippen LogP contribution in [0.3, 0.4) is 0 Å². The van der Waals surface area contributed by atoms with Crippen LogP contribution in [0, 0.1) is 13.1 Å². The van der Waals surface area contributed by atoms with E-state index < -0.39 is 0 Å². The van der Waals surface area contributed by atoms with Crippen LogP contribution >= 0.6 is 0 Å². The van der Waals surface area contributed by atoms with Gasteiger partial charge in [0.15, 0.2) is 0 Å². The Morgan fingerprint density at radius 2 is 2.18 bits per heavy atom. The van der Waals surface area contributed by atoms with Crippen LogP contribution in [0.1, 0.15) is 5.56 Å². The molecule has 0 unspecified atom stereocenters. The van der Waals surface area contributed by atoms with Gasteiger partial charge in [-0.05, 0) is 30.7 Å². The molecular formula is C14H13N2O. The van der Waals surface area contributed by atoms with Crippen molar-refractivity contribution in [2.24, 2.45) is 0 Å². The zero-order valence-electron chi connectivity index (χ0n) is 9.68. The van der Waals surface area contributed by atoms with Crippen LogP contribution in [0.4, 0.5) is 11.4 Å². The standard InChI is InChI=1S/C14H13N2O/c1-11-6-7-15-10-13(11)16-8-9-17-14-5-3-2-4-12(14)16/h2-7H,8-9H2,1H3. The molecule has 2 aromatic rings. The molecule has 1 aliphatic rings. The third-order valence-corrected chi connectivity index (χ3v) is 2.94. The number of pyridine rings is 1. The molecule has 0 fully saturated rings. The molecular weight excluding hydrogens is 212 g/mol. The maximum Gasteiger partial charge on any atom is 0.143 e. The molecule has 3 rings (SSSR count). The molecule has 2 heterocycles. The number of nitrogens with zero attached hydrogens (tertiary/aromatic N) is 2. The minimum atomic E-state index is 0.694. The summed E-state index contributed by atoms with van der Waals surface area (Å²) in [6, 6.07) is 10.1. The van der Waals surface area contributed by atoms with E-state index in [-0.39, 0.29) is 0 Å². The highest BCUT2D eigenvalue weighted by molar-refractivity contribution is 5.71. The predicted molar refractivity (Wildman–Crippen MR) is 66.8 cm³/mol. The molecule has 0 saturated heterocycles. The molecule has 85 valence electrons. The Balaban J connectivity index is 2.09. The molecule has 1 aromatic heterocycles. The first-order valence-corrected chi connectivity index (χ1v) is 5.69. The largest absolute Gasteiger partial charge is 0.490 e. The summed E-state index contributed by atoms with van der Waals surface area (Å²) < 4.78 is 5.64. The van der Waals surface area contributed by atoms with E-state index in [2.05, 4.69) is 29.1 Å². The quantitative estimate of drug-likeness (QED) is 0.746. The number of ether oxygens (including phenoxy) is 1. The molecule has 0 amide bonds. The van der Waals surface area contributed by atoms with Gasteiger partial charge in [0.05, 0.1) is 17.9 Å². The number of aromatic nitrogens is 1. The lowest BCUT2D eigenvalue weighted by atomic mass is 10.1. The molecule has 0 bridgehead atoms. The van der Waals surface area contributed by atoms with Gasteiger partial charge >= 0.3 is 0 Å². The SMILES string of the molecule is Cc1ccn[c]c1N1CCOc2ccccc21. The van der Waals surface area contributed by atoms with E-state index in [4.69, 9.17) is 4.74 Å². The lowest BCUT2D eigenvalue weighted by Gasteiger charge is -2.31. The molecule has 3 heteroatoms. The molecule has 0 aliphatic carbocycles. The van der Waals surface area contributed by atoms with Crippen molar-refractivity contribution in [1.82, 2.24) is 4.98 Å². The van der Waals surface area contributed by atoms with Crippen LogP contribution in [0.5, 0.6) is 5.75 Å². The second kappa shape index (κ2) is 4.09. The number of para-hydroxylation sites is 2. The minimum absolute atomic E-state index is 0.694. The topological polar surface area (TPSA) is 25.4 Å². The third kappa shape index (κ3) is 1.73. The summed E-state index contributed by atoms with van der Waals surface area (Å²) in [5, 5.41) is 0. The van der Waals surface area contributed by atoms with Crippen LogP contribution < -0.4 is 9.64 Å². The van der Waals surface area contributed by atoms with Gasteiger partial charge in [-0.2, -0.15) is 0 Å². The van der Waals surface area contributed by atoms with Gasteiger partial charge in [-0.15, -0.1) is 0 Å². The smallest absolute Gasteiger partial charge is 0.143 e. The van der Waals surface area contributed by atoms with E-state index in [1.54, 1.807) is 6.20 Å². The zero-order chi connectivity index (χ0) is 11.7. The highest BCUT2D eigenvalue weighted by atomic mass is 16.5. The number of rotatable bonds is 1. The maximum absolute atomic E-state index is 5.64. The summed E-state index contributed by atoms with van der Waals surface area (Å²) in [5.74, 6) is 0.926. The fourth-order valence-corrected chi connectivity index (χ4v) is 2.09. The van der Waals surface area contributed by atoms with Crippen molar-refractivity contribution < 1.29 is 4.74 Å². The van der Waals surface area contributed by atoms with Gasteiger partial charge in [-0.3, -0.25) is 4.98 Å². The van der Waals surface area contributed by atoms with Crippen molar-refractivity contribution in [3.05, 3.63) is 48.3 Å². The van der Waals surface area contributed by atoms with Gasteiger partial charge in [0, 0.05) is 6.20 Å². The molecule has 1 aromatic carbocycles. The van der Waals surface area contributed by atoms with E-state index in [0.717, 1.165) is 23.7 Å². The number of benzene rings is 1. The molecule has 17 heavy (non-hydrogen) atoms. The summed E-state index contributed by atoms with van der Waals surface area (Å²) in [7, 11) is 0. The predicted octanol–water partition coefficient (Wildman–Crippen LogP) is 2.72. The maximum atomic E-state index is 5.64. The Labute approximate surface area is 101 Å². The van der Waals surface area contributed by atoms with Crippen LogP contribution in [0.2, 0.25) is 0 Å². The van der Waals surface area contributed by atoms with Gasteiger partial charge in [-0.1, -0.05) is 12.1 Å². The lowest BCUT2D eigenvalue weighted by molar-refractivity contribution is 0.314. The van der Waals surface area contributed by atoms with Crippen LogP contribution in [-0.2, 0) is 0 Å². The number of hydrogen-bond donors (Lipinski definition) is 0. The molecule has 0 N–H and O–H groups in total. The summed E-state index contributed by atoms with van der Waals surface area (Å²) in [5.41, 5.74) is 3.30. The first-order chi connectivity index (χ1) is 8.36. The Morgan fingerprint density at radius 1 is 1.29 bits per heavy atom. The Hall–Kier alpha value is -2.03. The van der Waals surface area contributed by atoms with Crippen LogP contribution in [0.25, 0.3) is 0 Å². The minimum Gasteiger partial charge on any atom is -0.490 e. The first kappa shape index (κ1) is 10.1. The first-order valence-electron chi connectivity index (χ1n) is 5.69. The lowest BCUT2D eigenvalue weighted by Crippen LogP contribution is -2.29. The Kier molecular flexibility index (Phi) is 2.44. The van der Waals surface area contributed by atoms with E-state index in [9.17, 15) is 0 Å². The second-order valence-corrected chi connectivity index (χ2v) is 4.06. The van der Waals surface area contributed by atoms with Crippen molar-refractivity contribution in [3.8, 4) is 5.75 Å². The fraction of sp³-hybridized carbons (Fsp3) is 0.214. The fourth-order valence-electron chi connectivity index (χ4n) is 2.09. The van der Waals surface area contributed by atoms with E-state index >= 15 is 0 Å². The highest BCUT2D eigenvalue weighted by Gasteiger charge is 2.20. The second-order valence-electron chi connectivity index (χ2n) is 4.06. The van der Waals surface area contributed by atoms with Gasteiger partial charge in [0.1, 0.15) is 18.6 Å². The number of hydrogen-bond acceptors (Lipinski definition) is 3. The average Bonchev–Trinajstić information content (AvgIpc) is 2.39. The molecule has 3 nitrogen and oxygen atoms in total. The summed E-state index contributed by atoms with van der Waals surface area (Å²) in [4.78, 5) is 6.30. The summed E-state index contributed by atoms with van der Waals surface area (Å²) in [6.07, 6.45) is 4.84. The summed E-state index contributed by atoms with van der Waals surface area (Å²) in [6.45, 7) is 3.60. The molecule has 1 radical (unpaired) electrons. The van der Waals surface area contributed by atoms with Crippen molar-refractivity contribution >= 4 is 11.4 Å². The number of anilines is 2. The monoisotopic (exact) mass is 225 g/mol. The van der Waals surface area contributed by atoms with Crippen molar-refractivity contribution in [3.63, 3.8) is 0 Å². The third-order valence-electron chi connectivity index (χ3n) is 2.94. The highest BCUT2D eigenvalue weighted by Crippen LogP contribution is 2.36. The molecule has 0 spiro atoms. The molecule has 1 aliphatic heterocycles. The molecule has 0 saturated carbocycles. The normalized spacial score (nSPS) is 14.1. The molecule has 0 atom stereocenters. The van der Waals surface area contributed by atoms with Crippen molar-refractivity contribution in [2.45, 2.75) is 6.92 Å². The van der Waals surface area contributed by atoms with Crippen LogP contribution in [-0.4, -0.2) is 18.1 Å². The zero-order valence-corrected chi connectivity index (χ0v) is 9.68. The van der Waals surface area contributed by atoms with E-state index in [0.29, 0.717) is 6.61 Å². The average molecular weight is 225 g/mol. The van der Waals surface area contributed by atoms with Gasteiger partial charge in [0.25, 0.3) is 0 Å². The number of aryl methyl sites for hydroxylation is 1. The Morgan fingerprint density at radius 3 is 3.06 bits per heavy atom. The van der Waals surface area contributed by atoms with Crippen molar-refractivity contribution in [1.29, 1.82) is 0 Å². The number of fused-ring (bicyclic) bond motifs is 1. The van der Waals surface area contributed by atoms with Gasteiger partial charge in [0.2, 0.25) is 0 Å². The van der Waals surface area contributed by atoms with Crippen molar-refractivity contribution in [2.75, 3.05) is 18.1 Å². The Bertz CT molecular complexity index is 539. The van der Waals surface area contributed by atoms with Gasteiger partial charge in [-0.25, -0.2) is 0 Å². The summed E-state index contributed by atoms with van der Waals surface area (Å²) >= 11 is 0.